The molecule has 1 N–H and O–H groups in total. The van der Waals surface area contributed by atoms with E-state index in [1.165, 1.54) is 6.07 Å². The van der Waals surface area contributed by atoms with Crippen LogP contribution in [0.1, 0.15) is 44.9 Å². The van der Waals surface area contributed by atoms with Crippen LogP contribution in [0.3, 0.4) is 0 Å². The molecule has 1 atom stereocenters. The topological polar surface area (TPSA) is 106 Å². The zero-order valence-electron chi connectivity index (χ0n) is 18.9. The first-order valence-electron chi connectivity index (χ1n) is 10.6. The Kier molecular flexibility index (Phi) is 7.09. The summed E-state index contributed by atoms with van der Waals surface area (Å²) in [7, 11) is -3.69. The Bertz CT molecular complexity index is 1120. The van der Waals surface area contributed by atoms with Gasteiger partial charge in [-0.15, -0.1) is 0 Å². The lowest BCUT2D eigenvalue weighted by Gasteiger charge is -2.19. The molecule has 1 unspecified atom stereocenters. The average Bonchev–Trinajstić information content (AvgIpc) is 3.15. The molecule has 0 saturated carbocycles. The fourth-order valence-corrected chi connectivity index (χ4v) is 4.59. The van der Waals surface area contributed by atoms with Crippen molar-refractivity contribution in [2.45, 2.75) is 57.0 Å². The van der Waals surface area contributed by atoms with E-state index >= 15 is 0 Å². The summed E-state index contributed by atoms with van der Waals surface area (Å²) in [6.07, 6.45) is 0.467. The van der Waals surface area contributed by atoms with Gasteiger partial charge in [0.15, 0.2) is 0 Å². The number of aryl methyl sites for hydroxylation is 1. The number of hydrogen-bond donors (Lipinski definition) is 1. The van der Waals surface area contributed by atoms with E-state index in [0.717, 1.165) is 5.56 Å². The van der Waals surface area contributed by atoms with Gasteiger partial charge in [0.2, 0.25) is 15.9 Å². The molecule has 1 aromatic carbocycles. The van der Waals surface area contributed by atoms with E-state index < -0.39 is 15.6 Å². The highest BCUT2D eigenvalue weighted by atomic mass is 32.2. The molecule has 2 heterocycles. The SMILES string of the molecule is Cc1cc(OC2CCN(C(=O)CCNS(=O)(=O)c3ccc(C(C)(C)C)cc3)C2)cc(=O)o1. The Balaban J connectivity index is 1.49. The van der Waals surface area contributed by atoms with Crippen LogP contribution in [0.15, 0.2) is 50.5 Å². The second kappa shape index (κ2) is 9.46. The van der Waals surface area contributed by atoms with Crippen LogP contribution in [-0.4, -0.2) is 45.0 Å². The van der Waals surface area contributed by atoms with Gasteiger partial charge in [-0.2, -0.15) is 0 Å². The molecule has 9 heteroatoms. The molecule has 0 spiro atoms. The minimum atomic E-state index is -3.69. The van der Waals surface area contributed by atoms with Crippen LogP contribution >= 0.6 is 0 Å². The number of nitrogens with zero attached hydrogens (tertiary/aromatic N) is 1. The molecule has 174 valence electrons. The zero-order valence-corrected chi connectivity index (χ0v) is 19.7. The number of rotatable bonds is 7. The van der Waals surface area contributed by atoms with Crippen molar-refractivity contribution in [3.63, 3.8) is 0 Å². The van der Waals surface area contributed by atoms with E-state index in [2.05, 4.69) is 25.5 Å². The number of sulfonamides is 1. The highest BCUT2D eigenvalue weighted by Gasteiger charge is 2.28. The number of ether oxygens (including phenoxy) is 1. The Morgan fingerprint density at radius 3 is 2.53 bits per heavy atom. The Hall–Kier alpha value is -2.65. The number of likely N-dealkylation sites (tertiary alicyclic amines) is 1. The molecule has 1 aliphatic rings. The summed E-state index contributed by atoms with van der Waals surface area (Å²) in [5.41, 5.74) is 0.501. The van der Waals surface area contributed by atoms with Crippen molar-refractivity contribution in [3.05, 3.63) is 58.1 Å². The lowest BCUT2D eigenvalue weighted by Crippen LogP contribution is -2.34. The first-order valence-corrected chi connectivity index (χ1v) is 12.1. The van der Waals surface area contributed by atoms with E-state index in [0.29, 0.717) is 31.0 Å². The minimum absolute atomic E-state index is 0.0170. The Morgan fingerprint density at radius 2 is 1.91 bits per heavy atom. The van der Waals surface area contributed by atoms with Crippen molar-refractivity contribution in [2.24, 2.45) is 0 Å². The molecule has 0 bridgehead atoms. The molecule has 1 amide bonds. The summed E-state index contributed by atoms with van der Waals surface area (Å²) in [5, 5.41) is 0. The Labute approximate surface area is 188 Å². The van der Waals surface area contributed by atoms with E-state index in [1.54, 1.807) is 30.0 Å². The van der Waals surface area contributed by atoms with Gasteiger partial charge in [0, 0.05) is 32.0 Å². The van der Waals surface area contributed by atoms with Crippen LogP contribution in [0.25, 0.3) is 0 Å². The number of nitrogens with one attached hydrogen (secondary N) is 1. The second-order valence-corrected chi connectivity index (χ2v) is 10.8. The first-order chi connectivity index (χ1) is 14.9. The number of benzene rings is 1. The van der Waals surface area contributed by atoms with Crippen molar-refractivity contribution in [2.75, 3.05) is 19.6 Å². The minimum Gasteiger partial charge on any atom is -0.488 e. The van der Waals surface area contributed by atoms with E-state index in [-0.39, 0.29) is 35.3 Å². The maximum Gasteiger partial charge on any atom is 0.339 e. The highest BCUT2D eigenvalue weighted by molar-refractivity contribution is 7.89. The monoisotopic (exact) mass is 462 g/mol. The van der Waals surface area contributed by atoms with Crippen molar-refractivity contribution in [1.29, 1.82) is 0 Å². The van der Waals surface area contributed by atoms with Crippen molar-refractivity contribution < 1.29 is 22.4 Å². The van der Waals surface area contributed by atoms with E-state index in [1.807, 2.05) is 12.1 Å². The largest absolute Gasteiger partial charge is 0.488 e. The molecule has 1 saturated heterocycles. The standard InChI is InChI=1S/C23H30N2O6S/c1-16-13-19(14-22(27)30-16)31-18-10-12-25(15-18)21(26)9-11-24-32(28,29)20-7-5-17(6-8-20)23(2,3)4/h5-8,13-14,18,24H,9-12,15H2,1-4H3. The lowest BCUT2D eigenvalue weighted by molar-refractivity contribution is -0.130. The summed E-state index contributed by atoms with van der Waals surface area (Å²) in [6, 6.07) is 9.69. The number of hydrogen-bond acceptors (Lipinski definition) is 6. The Morgan fingerprint density at radius 1 is 1.22 bits per heavy atom. The third-order valence-electron chi connectivity index (χ3n) is 5.33. The summed E-state index contributed by atoms with van der Waals surface area (Å²) in [6.45, 7) is 8.77. The van der Waals surface area contributed by atoms with Gasteiger partial charge in [-0.3, -0.25) is 4.79 Å². The van der Waals surface area contributed by atoms with Crippen LogP contribution in [-0.2, 0) is 20.2 Å². The molecule has 2 aromatic rings. The molecule has 0 aliphatic carbocycles. The van der Waals surface area contributed by atoms with Crippen LogP contribution in [0.5, 0.6) is 5.75 Å². The number of carbonyl (C=O) groups excluding carboxylic acids is 1. The molecular formula is C23H30N2O6S. The molecule has 1 aromatic heterocycles. The van der Waals surface area contributed by atoms with Gasteiger partial charge in [0.25, 0.3) is 0 Å². The smallest absolute Gasteiger partial charge is 0.339 e. The quantitative estimate of drug-likeness (QED) is 0.678. The van der Waals surface area contributed by atoms with Gasteiger partial charge < -0.3 is 14.1 Å². The fourth-order valence-electron chi connectivity index (χ4n) is 3.56. The molecule has 1 fully saturated rings. The normalized spacial score (nSPS) is 16.9. The number of amides is 1. The highest BCUT2D eigenvalue weighted by Crippen LogP contribution is 2.23. The number of carbonyl (C=O) groups is 1. The lowest BCUT2D eigenvalue weighted by atomic mass is 9.87. The summed E-state index contributed by atoms with van der Waals surface area (Å²) >= 11 is 0. The van der Waals surface area contributed by atoms with Crippen LogP contribution < -0.4 is 15.1 Å². The third-order valence-corrected chi connectivity index (χ3v) is 6.81. The first kappa shape index (κ1) is 24.0. The summed E-state index contributed by atoms with van der Waals surface area (Å²) in [4.78, 5) is 25.8. The van der Waals surface area contributed by atoms with E-state index in [9.17, 15) is 18.0 Å². The maximum atomic E-state index is 12.5. The van der Waals surface area contributed by atoms with Crippen LogP contribution in [0.2, 0.25) is 0 Å². The predicted octanol–water partition coefficient (Wildman–Crippen LogP) is 2.59. The zero-order chi connectivity index (χ0) is 23.5. The predicted molar refractivity (Wildman–Crippen MR) is 120 cm³/mol. The van der Waals surface area contributed by atoms with Gasteiger partial charge >= 0.3 is 5.63 Å². The van der Waals surface area contributed by atoms with Crippen molar-refractivity contribution in [1.82, 2.24) is 9.62 Å². The third kappa shape index (κ3) is 6.20. The molecule has 1 aliphatic heterocycles. The van der Waals surface area contributed by atoms with E-state index in [4.69, 9.17) is 9.15 Å². The van der Waals surface area contributed by atoms with Gasteiger partial charge in [-0.25, -0.2) is 17.9 Å². The maximum absolute atomic E-state index is 12.5. The molecule has 32 heavy (non-hydrogen) atoms. The van der Waals surface area contributed by atoms with Crippen molar-refractivity contribution >= 4 is 15.9 Å². The second-order valence-electron chi connectivity index (χ2n) is 9.01. The molecule has 8 nitrogen and oxygen atoms in total. The summed E-state index contributed by atoms with van der Waals surface area (Å²) < 4.78 is 38.2. The van der Waals surface area contributed by atoms with Gasteiger partial charge in [-0.1, -0.05) is 32.9 Å². The van der Waals surface area contributed by atoms with Gasteiger partial charge in [0.05, 0.1) is 17.5 Å². The molecule has 3 rings (SSSR count). The van der Waals surface area contributed by atoms with Crippen LogP contribution in [0.4, 0.5) is 0 Å². The van der Waals surface area contributed by atoms with Crippen molar-refractivity contribution in [3.8, 4) is 5.75 Å². The fraction of sp³-hybridized carbons (Fsp3) is 0.478. The molecular weight excluding hydrogens is 432 g/mol. The average molecular weight is 463 g/mol. The van der Waals surface area contributed by atoms with Gasteiger partial charge in [-0.05, 0) is 30.0 Å². The summed E-state index contributed by atoms with van der Waals surface area (Å²) in [5.74, 6) is 0.729. The molecule has 0 radical (unpaired) electrons. The van der Waals surface area contributed by atoms with Crippen LogP contribution in [0, 0.1) is 6.92 Å². The van der Waals surface area contributed by atoms with Gasteiger partial charge in [0.1, 0.15) is 17.6 Å².